The zero-order chi connectivity index (χ0) is 12.6. The second-order valence-electron chi connectivity index (χ2n) is 5.06. The first kappa shape index (κ1) is 16.1. The van der Waals surface area contributed by atoms with Crippen molar-refractivity contribution in [2.24, 2.45) is 11.8 Å². The summed E-state index contributed by atoms with van der Waals surface area (Å²) in [4.78, 5) is 0. The molecule has 0 rings (SSSR count). The molecule has 16 heavy (non-hydrogen) atoms. The Morgan fingerprint density at radius 2 is 1.69 bits per heavy atom. The van der Waals surface area contributed by atoms with Crippen LogP contribution in [0.3, 0.4) is 0 Å². The van der Waals surface area contributed by atoms with E-state index in [9.17, 15) is 4.57 Å². The van der Waals surface area contributed by atoms with Crippen molar-refractivity contribution in [1.29, 1.82) is 0 Å². The molecule has 0 aliphatic heterocycles. The van der Waals surface area contributed by atoms with E-state index in [1.54, 1.807) is 0 Å². The summed E-state index contributed by atoms with van der Waals surface area (Å²) in [7, 11) is -2.86. The highest BCUT2D eigenvalue weighted by atomic mass is 31.2. The molecule has 0 amide bonds. The van der Waals surface area contributed by atoms with Crippen LogP contribution in [0.15, 0.2) is 0 Å². The zero-order valence-electron chi connectivity index (χ0n) is 11.4. The van der Waals surface area contributed by atoms with Gasteiger partial charge in [0.05, 0.1) is 19.4 Å². The molecule has 0 bridgehead atoms. The maximum Gasteiger partial charge on any atom is 0.330 e. The molecule has 0 aromatic heterocycles. The minimum Gasteiger partial charge on any atom is -0.309 e. The SMILES string of the molecule is CCCCOP(=O)(CC(C)C)OCC(C)C. The molecule has 0 aliphatic carbocycles. The van der Waals surface area contributed by atoms with Crippen molar-refractivity contribution < 1.29 is 13.6 Å². The minimum absolute atomic E-state index is 0.333. The molecule has 0 aromatic carbocycles. The molecule has 0 saturated carbocycles. The third-order valence-corrected chi connectivity index (χ3v) is 4.28. The molecule has 0 N–H and O–H groups in total. The van der Waals surface area contributed by atoms with Crippen LogP contribution in [0.4, 0.5) is 0 Å². The van der Waals surface area contributed by atoms with Crippen LogP contribution in [-0.2, 0) is 13.6 Å². The highest BCUT2D eigenvalue weighted by Crippen LogP contribution is 2.50. The van der Waals surface area contributed by atoms with Crippen molar-refractivity contribution in [2.45, 2.75) is 47.5 Å². The van der Waals surface area contributed by atoms with Crippen LogP contribution in [0.25, 0.3) is 0 Å². The summed E-state index contributed by atoms with van der Waals surface area (Å²) in [5.74, 6) is 0.717. The van der Waals surface area contributed by atoms with Crippen LogP contribution in [0, 0.1) is 11.8 Å². The first-order valence-corrected chi connectivity index (χ1v) is 8.00. The Hall–Kier alpha value is 0.150. The normalized spacial score (nSPS) is 15.7. The van der Waals surface area contributed by atoms with Crippen LogP contribution in [-0.4, -0.2) is 19.4 Å². The number of unbranched alkanes of at least 4 members (excludes halogenated alkanes) is 1. The summed E-state index contributed by atoms with van der Waals surface area (Å²) in [6, 6.07) is 0. The molecule has 0 spiro atoms. The van der Waals surface area contributed by atoms with Gasteiger partial charge in [0.2, 0.25) is 0 Å². The lowest BCUT2D eigenvalue weighted by molar-refractivity contribution is 0.183. The lowest BCUT2D eigenvalue weighted by Gasteiger charge is -2.21. The van der Waals surface area contributed by atoms with Gasteiger partial charge in [0.1, 0.15) is 0 Å². The van der Waals surface area contributed by atoms with Crippen LogP contribution in [0.1, 0.15) is 47.5 Å². The molecular weight excluding hydrogens is 223 g/mol. The predicted octanol–water partition coefficient (Wildman–Crippen LogP) is 4.32. The van der Waals surface area contributed by atoms with Crippen molar-refractivity contribution in [1.82, 2.24) is 0 Å². The number of hydrogen-bond donors (Lipinski definition) is 0. The number of rotatable bonds is 9. The fraction of sp³-hybridized carbons (Fsp3) is 1.00. The molecular formula is C12H27O3P. The van der Waals surface area contributed by atoms with Crippen LogP contribution < -0.4 is 0 Å². The third-order valence-electron chi connectivity index (χ3n) is 1.98. The minimum atomic E-state index is -2.86. The number of hydrogen-bond acceptors (Lipinski definition) is 3. The Morgan fingerprint density at radius 1 is 1.06 bits per heavy atom. The molecule has 98 valence electrons. The maximum atomic E-state index is 12.4. The monoisotopic (exact) mass is 250 g/mol. The predicted molar refractivity (Wildman–Crippen MR) is 69.0 cm³/mol. The molecule has 0 aliphatic rings. The maximum absolute atomic E-state index is 12.4. The fourth-order valence-corrected chi connectivity index (χ4v) is 3.31. The van der Waals surface area contributed by atoms with Gasteiger partial charge in [0.15, 0.2) is 0 Å². The highest BCUT2D eigenvalue weighted by molar-refractivity contribution is 7.53. The smallest absolute Gasteiger partial charge is 0.309 e. The topological polar surface area (TPSA) is 35.5 Å². The molecule has 0 heterocycles. The van der Waals surface area contributed by atoms with Gasteiger partial charge in [-0.2, -0.15) is 0 Å². The summed E-state index contributed by atoms with van der Waals surface area (Å²) < 4.78 is 23.3. The van der Waals surface area contributed by atoms with E-state index in [0.29, 0.717) is 31.2 Å². The summed E-state index contributed by atoms with van der Waals surface area (Å²) in [5, 5.41) is 0. The van der Waals surface area contributed by atoms with Gasteiger partial charge < -0.3 is 9.05 Å². The quantitative estimate of drug-likeness (QED) is 0.451. The molecule has 0 fully saturated rings. The van der Waals surface area contributed by atoms with Crippen molar-refractivity contribution in [3.8, 4) is 0 Å². The van der Waals surface area contributed by atoms with Gasteiger partial charge in [-0.05, 0) is 18.3 Å². The zero-order valence-corrected chi connectivity index (χ0v) is 12.3. The summed E-state index contributed by atoms with van der Waals surface area (Å²) in [6.07, 6.45) is 2.50. The van der Waals surface area contributed by atoms with E-state index >= 15 is 0 Å². The second kappa shape index (κ2) is 8.27. The van der Waals surface area contributed by atoms with Gasteiger partial charge in [-0.25, -0.2) is 0 Å². The molecule has 0 aromatic rings. The van der Waals surface area contributed by atoms with Crippen LogP contribution in [0.2, 0.25) is 0 Å². The molecule has 0 radical (unpaired) electrons. The first-order chi connectivity index (χ1) is 7.39. The summed E-state index contributed by atoms with van der Waals surface area (Å²) in [5.41, 5.74) is 0. The van der Waals surface area contributed by atoms with Gasteiger partial charge in [0.25, 0.3) is 0 Å². The van der Waals surface area contributed by atoms with Crippen molar-refractivity contribution in [2.75, 3.05) is 19.4 Å². The van der Waals surface area contributed by atoms with E-state index < -0.39 is 7.60 Å². The molecule has 4 heteroatoms. The first-order valence-electron chi connectivity index (χ1n) is 6.27. The Bertz CT molecular complexity index is 214. The lowest BCUT2D eigenvalue weighted by atomic mass is 10.2. The molecule has 1 unspecified atom stereocenters. The van der Waals surface area contributed by atoms with Gasteiger partial charge in [-0.15, -0.1) is 0 Å². The standard InChI is InChI=1S/C12H27O3P/c1-6-7-8-14-16(13,10-12(4)5)15-9-11(2)3/h11-12H,6-10H2,1-5H3. The van der Waals surface area contributed by atoms with E-state index in [-0.39, 0.29) is 0 Å². The van der Waals surface area contributed by atoms with Crippen LogP contribution in [0.5, 0.6) is 0 Å². The lowest BCUT2D eigenvalue weighted by Crippen LogP contribution is -2.09. The summed E-state index contributed by atoms with van der Waals surface area (Å²) in [6.45, 7) is 11.3. The average molecular weight is 250 g/mol. The Balaban J connectivity index is 4.19. The van der Waals surface area contributed by atoms with E-state index in [0.717, 1.165) is 12.8 Å². The van der Waals surface area contributed by atoms with Crippen molar-refractivity contribution in [3.63, 3.8) is 0 Å². The van der Waals surface area contributed by atoms with E-state index in [1.807, 2.05) is 27.7 Å². The van der Waals surface area contributed by atoms with E-state index in [1.165, 1.54) is 0 Å². The summed E-state index contributed by atoms with van der Waals surface area (Å²) >= 11 is 0. The van der Waals surface area contributed by atoms with Crippen molar-refractivity contribution >= 4 is 7.60 Å². The average Bonchev–Trinajstić information content (AvgIpc) is 2.14. The Labute approximate surface area is 100 Å². The van der Waals surface area contributed by atoms with Gasteiger partial charge in [-0.1, -0.05) is 41.0 Å². The Morgan fingerprint density at radius 3 is 2.12 bits per heavy atom. The van der Waals surface area contributed by atoms with E-state index in [2.05, 4.69) is 6.92 Å². The van der Waals surface area contributed by atoms with Crippen molar-refractivity contribution in [3.05, 3.63) is 0 Å². The van der Waals surface area contributed by atoms with E-state index in [4.69, 9.17) is 9.05 Å². The molecule has 1 atom stereocenters. The van der Waals surface area contributed by atoms with Crippen LogP contribution >= 0.6 is 7.60 Å². The molecule has 0 saturated heterocycles. The third kappa shape index (κ3) is 8.32. The second-order valence-corrected chi connectivity index (χ2v) is 7.17. The highest BCUT2D eigenvalue weighted by Gasteiger charge is 2.26. The molecule has 3 nitrogen and oxygen atoms in total. The van der Waals surface area contributed by atoms with Gasteiger partial charge in [0, 0.05) is 0 Å². The largest absolute Gasteiger partial charge is 0.330 e. The van der Waals surface area contributed by atoms with Gasteiger partial charge >= 0.3 is 7.60 Å². The fourth-order valence-electron chi connectivity index (χ4n) is 1.20. The Kier molecular flexibility index (Phi) is 8.35. The van der Waals surface area contributed by atoms with Gasteiger partial charge in [-0.3, -0.25) is 4.57 Å².